The summed E-state index contributed by atoms with van der Waals surface area (Å²) < 4.78 is 0. The second-order valence-corrected chi connectivity index (χ2v) is 4.31. The molecule has 3 nitrogen and oxygen atoms in total. The molecule has 0 aromatic carbocycles. The van der Waals surface area contributed by atoms with E-state index in [0.717, 1.165) is 25.0 Å². The first-order chi connectivity index (χ1) is 8.60. The number of nitrogens with two attached hydrogens (primary N) is 1. The van der Waals surface area contributed by atoms with E-state index in [9.17, 15) is 4.79 Å². The van der Waals surface area contributed by atoms with Gasteiger partial charge in [0.1, 0.15) is 0 Å². The van der Waals surface area contributed by atoms with Crippen LogP contribution in [0.5, 0.6) is 0 Å². The van der Waals surface area contributed by atoms with Gasteiger partial charge in [-0.2, -0.15) is 0 Å². The Morgan fingerprint density at radius 2 is 2.06 bits per heavy atom. The lowest BCUT2D eigenvalue weighted by Gasteiger charge is -2.13. The van der Waals surface area contributed by atoms with E-state index in [0.29, 0.717) is 12.0 Å². The van der Waals surface area contributed by atoms with Crippen molar-refractivity contribution in [1.29, 1.82) is 0 Å². The van der Waals surface area contributed by atoms with E-state index in [2.05, 4.69) is 20.4 Å². The molecular weight excluding hydrogens is 224 g/mol. The number of hydrogen-bond acceptors (Lipinski definition) is 2. The Balaban J connectivity index is 5.06. The van der Waals surface area contributed by atoms with Crippen molar-refractivity contribution < 1.29 is 4.79 Å². The average Bonchev–Trinajstić information content (AvgIpc) is 2.37. The normalized spacial score (nSPS) is 14.4. The Kier molecular flexibility index (Phi) is 8.89. The summed E-state index contributed by atoms with van der Waals surface area (Å²) in [5.41, 5.74) is 6.67. The summed E-state index contributed by atoms with van der Waals surface area (Å²) in [4.78, 5) is 16.1. The number of rotatable bonds is 9. The molecule has 0 saturated heterocycles. The van der Waals surface area contributed by atoms with Gasteiger partial charge in [0.05, 0.1) is 11.6 Å². The molecule has 0 rings (SSSR count). The smallest absolute Gasteiger partial charge is 0.250 e. The lowest BCUT2D eigenvalue weighted by atomic mass is 10.0. The van der Waals surface area contributed by atoms with E-state index < -0.39 is 5.91 Å². The molecule has 2 N–H and O–H groups in total. The number of unbranched alkanes of at least 4 members (excludes halogenated alkanes) is 1. The minimum atomic E-state index is -0.430. The molecule has 3 heteroatoms. The van der Waals surface area contributed by atoms with Gasteiger partial charge in [0.15, 0.2) is 0 Å². The van der Waals surface area contributed by atoms with Crippen molar-refractivity contribution in [2.45, 2.75) is 58.9 Å². The van der Waals surface area contributed by atoms with Crippen LogP contribution in [0.1, 0.15) is 52.9 Å². The maximum Gasteiger partial charge on any atom is 0.250 e. The van der Waals surface area contributed by atoms with Crippen molar-refractivity contribution in [3.05, 3.63) is 24.3 Å². The van der Waals surface area contributed by atoms with E-state index in [1.54, 1.807) is 12.2 Å². The molecule has 0 spiro atoms. The number of carbonyl (C=O) groups excluding carboxylic acids is 1. The van der Waals surface area contributed by atoms with Crippen LogP contribution in [-0.4, -0.2) is 17.7 Å². The van der Waals surface area contributed by atoms with Gasteiger partial charge in [-0.1, -0.05) is 46.3 Å². The monoisotopic (exact) mass is 250 g/mol. The second kappa shape index (κ2) is 9.63. The zero-order valence-electron chi connectivity index (χ0n) is 11.9. The first-order valence-electron chi connectivity index (χ1n) is 6.80. The molecule has 0 radical (unpaired) electrons. The first-order valence-corrected chi connectivity index (χ1v) is 6.80. The average molecular weight is 250 g/mol. The minimum absolute atomic E-state index is 0.285. The number of amides is 1. The Labute approximate surface area is 111 Å². The topological polar surface area (TPSA) is 55.5 Å². The lowest BCUT2D eigenvalue weighted by Crippen LogP contribution is -2.22. The quantitative estimate of drug-likeness (QED) is 0.380. The highest BCUT2D eigenvalue weighted by Gasteiger charge is 2.13. The fourth-order valence-electron chi connectivity index (χ4n) is 1.81. The van der Waals surface area contributed by atoms with Gasteiger partial charge in [0.2, 0.25) is 0 Å². The van der Waals surface area contributed by atoms with Gasteiger partial charge < -0.3 is 5.73 Å². The molecule has 0 saturated carbocycles. The van der Waals surface area contributed by atoms with Crippen LogP contribution >= 0.6 is 0 Å². The number of aliphatic imine (C=N–C) groups is 1. The molecule has 0 heterocycles. The zero-order chi connectivity index (χ0) is 14.0. The Morgan fingerprint density at radius 1 is 1.39 bits per heavy atom. The van der Waals surface area contributed by atoms with Crippen LogP contribution in [0, 0.1) is 0 Å². The molecule has 1 atom stereocenters. The largest absolute Gasteiger partial charge is 0.366 e. The third-order valence-corrected chi connectivity index (χ3v) is 2.90. The molecule has 102 valence electrons. The zero-order valence-corrected chi connectivity index (χ0v) is 11.9. The van der Waals surface area contributed by atoms with Gasteiger partial charge >= 0.3 is 0 Å². The van der Waals surface area contributed by atoms with Crippen molar-refractivity contribution in [1.82, 2.24) is 0 Å². The highest BCUT2D eigenvalue weighted by molar-refractivity contribution is 6.21. The van der Waals surface area contributed by atoms with Crippen LogP contribution in [0.25, 0.3) is 0 Å². The van der Waals surface area contributed by atoms with Crippen LogP contribution in [0.2, 0.25) is 0 Å². The van der Waals surface area contributed by atoms with Crippen LogP contribution in [0.15, 0.2) is 29.3 Å². The number of primary amides is 1. The molecule has 0 aliphatic heterocycles. The van der Waals surface area contributed by atoms with Gasteiger partial charge in [0, 0.05) is 5.71 Å². The van der Waals surface area contributed by atoms with Crippen molar-refractivity contribution in [2.24, 2.45) is 10.7 Å². The van der Waals surface area contributed by atoms with Gasteiger partial charge in [-0.25, -0.2) is 0 Å². The van der Waals surface area contributed by atoms with E-state index in [-0.39, 0.29) is 6.04 Å². The SMILES string of the molecule is C=C/C=C(/C(N)=O)C(CC)=NC(CC)CCCC. The molecular formula is C15H26N2O. The van der Waals surface area contributed by atoms with Crippen LogP contribution in [0.4, 0.5) is 0 Å². The van der Waals surface area contributed by atoms with Crippen molar-refractivity contribution in [3.8, 4) is 0 Å². The third kappa shape index (κ3) is 5.80. The number of carbonyl (C=O) groups is 1. The van der Waals surface area contributed by atoms with Gasteiger partial charge in [-0.3, -0.25) is 9.79 Å². The van der Waals surface area contributed by atoms with E-state index in [1.807, 2.05) is 6.92 Å². The van der Waals surface area contributed by atoms with E-state index in [4.69, 9.17) is 10.7 Å². The predicted molar refractivity (Wildman–Crippen MR) is 78.8 cm³/mol. The van der Waals surface area contributed by atoms with Crippen LogP contribution < -0.4 is 5.73 Å². The maximum atomic E-state index is 11.4. The molecule has 0 bridgehead atoms. The Hall–Kier alpha value is -1.38. The summed E-state index contributed by atoms with van der Waals surface area (Å²) in [7, 11) is 0. The predicted octanol–water partition coefficient (Wildman–Crippen LogP) is 3.40. The molecule has 18 heavy (non-hydrogen) atoms. The fourth-order valence-corrected chi connectivity index (χ4v) is 1.81. The first kappa shape index (κ1) is 16.6. The van der Waals surface area contributed by atoms with Gasteiger partial charge in [-0.05, 0) is 25.3 Å². The van der Waals surface area contributed by atoms with E-state index >= 15 is 0 Å². The van der Waals surface area contributed by atoms with Gasteiger partial charge in [-0.15, -0.1) is 0 Å². The summed E-state index contributed by atoms with van der Waals surface area (Å²) in [6.07, 6.45) is 8.33. The van der Waals surface area contributed by atoms with Crippen LogP contribution in [-0.2, 0) is 4.79 Å². The second-order valence-electron chi connectivity index (χ2n) is 4.31. The summed E-state index contributed by atoms with van der Waals surface area (Å²) >= 11 is 0. The highest BCUT2D eigenvalue weighted by Crippen LogP contribution is 2.12. The minimum Gasteiger partial charge on any atom is -0.366 e. The summed E-state index contributed by atoms with van der Waals surface area (Å²) in [6, 6.07) is 0.285. The van der Waals surface area contributed by atoms with Crippen molar-refractivity contribution >= 4 is 11.6 Å². The third-order valence-electron chi connectivity index (χ3n) is 2.90. The number of allylic oxidation sites excluding steroid dienone is 2. The molecule has 0 aliphatic rings. The molecule has 1 amide bonds. The molecule has 1 unspecified atom stereocenters. The highest BCUT2D eigenvalue weighted by atomic mass is 16.1. The molecule has 0 fully saturated rings. The summed E-state index contributed by atoms with van der Waals surface area (Å²) in [5, 5.41) is 0. The van der Waals surface area contributed by atoms with E-state index in [1.165, 1.54) is 6.42 Å². The molecule has 0 aromatic rings. The van der Waals surface area contributed by atoms with Crippen molar-refractivity contribution in [3.63, 3.8) is 0 Å². The Morgan fingerprint density at radius 3 is 2.44 bits per heavy atom. The Bertz CT molecular complexity index is 329. The van der Waals surface area contributed by atoms with Gasteiger partial charge in [0.25, 0.3) is 5.91 Å². The summed E-state index contributed by atoms with van der Waals surface area (Å²) in [5.74, 6) is -0.430. The number of nitrogens with zero attached hydrogens (tertiary/aromatic N) is 1. The standard InChI is InChI=1S/C15H26N2O/c1-5-9-11-12(7-3)17-14(8-4)13(10-6-2)15(16)18/h6,10,12H,2,5,7-9,11H2,1,3-4H3,(H2,16,18)/b13-10+,17-14?. The maximum absolute atomic E-state index is 11.4. The molecule has 0 aliphatic carbocycles. The van der Waals surface area contributed by atoms with Crippen molar-refractivity contribution in [2.75, 3.05) is 0 Å². The summed E-state index contributed by atoms with van der Waals surface area (Å²) in [6.45, 7) is 9.89. The lowest BCUT2D eigenvalue weighted by molar-refractivity contribution is -0.114. The number of hydrogen-bond donors (Lipinski definition) is 1. The fraction of sp³-hybridized carbons (Fsp3) is 0.600. The molecule has 0 aromatic heterocycles. The van der Waals surface area contributed by atoms with Crippen LogP contribution in [0.3, 0.4) is 0 Å².